The van der Waals surface area contributed by atoms with Crippen molar-refractivity contribution in [2.75, 3.05) is 0 Å². The predicted molar refractivity (Wildman–Crippen MR) is 48.3 cm³/mol. The summed E-state index contributed by atoms with van der Waals surface area (Å²) in [7, 11) is 0. The van der Waals surface area contributed by atoms with Gasteiger partial charge in [0.25, 0.3) is 0 Å². The summed E-state index contributed by atoms with van der Waals surface area (Å²) >= 11 is 10.2. The largest absolute Gasteiger partial charge is 0.0897 e. The Balaban J connectivity index is 2.43. The van der Waals surface area contributed by atoms with Gasteiger partial charge in [-0.3, -0.25) is 0 Å². The number of rotatable bonds is 0. The highest BCUT2D eigenvalue weighted by atomic mass is 32.1. The molecule has 2 heteroatoms. The van der Waals surface area contributed by atoms with Crippen molar-refractivity contribution in [3.05, 3.63) is 0 Å². The SMILES string of the molecule is S=C1CCCC(=S)CC1. The lowest BCUT2D eigenvalue weighted by Crippen LogP contribution is -1.91. The van der Waals surface area contributed by atoms with Crippen molar-refractivity contribution in [2.24, 2.45) is 0 Å². The summed E-state index contributed by atoms with van der Waals surface area (Å²) in [5.74, 6) is 0. The summed E-state index contributed by atoms with van der Waals surface area (Å²) in [5.41, 5.74) is 0. The van der Waals surface area contributed by atoms with Crippen LogP contribution >= 0.6 is 24.4 Å². The maximum Gasteiger partial charge on any atom is -0.00679 e. The van der Waals surface area contributed by atoms with Crippen LogP contribution in [0.1, 0.15) is 32.1 Å². The van der Waals surface area contributed by atoms with Gasteiger partial charge in [0.2, 0.25) is 0 Å². The van der Waals surface area contributed by atoms with Gasteiger partial charge in [0.15, 0.2) is 0 Å². The maximum atomic E-state index is 5.09. The highest BCUT2D eigenvalue weighted by molar-refractivity contribution is 7.81. The minimum atomic E-state index is 1.06. The molecule has 0 saturated heterocycles. The minimum Gasteiger partial charge on any atom is -0.0897 e. The zero-order chi connectivity index (χ0) is 6.69. The van der Waals surface area contributed by atoms with Crippen LogP contribution < -0.4 is 0 Å². The Labute approximate surface area is 66.6 Å². The Morgan fingerprint density at radius 2 is 1.22 bits per heavy atom. The molecule has 0 heterocycles. The fourth-order valence-corrected chi connectivity index (χ4v) is 1.50. The third kappa shape index (κ3) is 2.50. The van der Waals surface area contributed by atoms with Gasteiger partial charge >= 0.3 is 0 Å². The van der Waals surface area contributed by atoms with Crippen molar-refractivity contribution in [3.8, 4) is 0 Å². The van der Waals surface area contributed by atoms with Crippen LogP contribution in [0.3, 0.4) is 0 Å². The summed E-state index contributed by atoms with van der Waals surface area (Å²) in [6.45, 7) is 0. The summed E-state index contributed by atoms with van der Waals surface area (Å²) in [5, 5.41) is 0. The van der Waals surface area contributed by atoms with Gasteiger partial charge < -0.3 is 0 Å². The molecule has 0 amide bonds. The average molecular weight is 158 g/mol. The van der Waals surface area contributed by atoms with Gasteiger partial charge in [0.05, 0.1) is 0 Å². The molecule has 0 radical (unpaired) electrons. The molecule has 50 valence electrons. The zero-order valence-corrected chi connectivity index (χ0v) is 6.99. The van der Waals surface area contributed by atoms with E-state index in [1.54, 1.807) is 0 Å². The molecule has 0 aliphatic heterocycles. The van der Waals surface area contributed by atoms with Gasteiger partial charge in [-0.05, 0) is 41.8 Å². The molecule has 0 bridgehead atoms. The zero-order valence-electron chi connectivity index (χ0n) is 5.35. The van der Waals surface area contributed by atoms with Crippen LogP contribution in [0.15, 0.2) is 0 Å². The molecule has 0 unspecified atom stereocenters. The normalized spacial score (nSPS) is 21.8. The average Bonchev–Trinajstić information content (AvgIpc) is 1.97. The molecule has 1 rings (SSSR count). The highest BCUT2D eigenvalue weighted by Gasteiger charge is 2.06. The third-order valence-electron chi connectivity index (χ3n) is 1.59. The summed E-state index contributed by atoms with van der Waals surface area (Å²) in [4.78, 5) is 2.43. The molecule has 1 aliphatic rings. The van der Waals surface area contributed by atoms with E-state index in [0.717, 1.165) is 25.7 Å². The number of hydrogen-bond acceptors (Lipinski definition) is 2. The number of thiocarbonyl (C=S) groups is 2. The molecule has 0 aromatic carbocycles. The first-order valence-corrected chi connectivity index (χ1v) is 4.14. The van der Waals surface area contributed by atoms with Crippen LogP contribution in [-0.4, -0.2) is 9.73 Å². The van der Waals surface area contributed by atoms with Crippen LogP contribution in [0.25, 0.3) is 0 Å². The quantitative estimate of drug-likeness (QED) is 0.393. The molecule has 0 aromatic rings. The first kappa shape index (κ1) is 7.29. The molecule has 0 N–H and O–H groups in total. The molecule has 0 nitrogen and oxygen atoms in total. The maximum absolute atomic E-state index is 5.09. The summed E-state index contributed by atoms with van der Waals surface area (Å²) < 4.78 is 0. The van der Waals surface area contributed by atoms with Crippen LogP contribution in [0.5, 0.6) is 0 Å². The fraction of sp³-hybridized carbons (Fsp3) is 0.714. The Bertz CT molecular complexity index is 122. The minimum absolute atomic E-state index is 1.06. The Hall–Kier alpha value is 0.180. The van der Waals surface area contributed by atoms with Crippen molar-refractivity contribution < 1.29 is 0 Å². The molecular weight excluding hydrogens is 148 g/mol. The van der Waals surface area contributed by atoms with E-state index in [4.69, 9.17) is 24.4 Å². The molecule has 1 fully saturated rings. The lowest BCUT2D eigenvalue weighted by Gasteiger charge is -1.92. The standard InChI is InChI=1S/C7H10S2/c8-6-2-1-3-7(9)5-4-6/h1-5H2. The van der Waals surface area contributed by atoms with Gasteiger partial charge in [0.1, 0.15) is 0 Å². The second-order valence-corrected chi connectivity index (χ2v) is 3.59. The summed E-state index contributed by atoms with van der Waals surface area (Å²) in [6, 6.07) is 0. The predicted octanol–water partition coefficient (Wildman–Crippen LogP) is 2.69. The lowest BCUT2D eigenvalue weighted by atomic mass is 10.2. The van der Waals surface area contributed by atoms with Crippen molar-refractivity contribution in [1.82, 2.24) is 0 Å². The molecular formula is C7H10S2. The topological polar surface area (TPSA) is 0 Å². The van der Waals surface area contributed by atoms with Gasteiger partial charge in [-0.15, -0.1) is 0 Å². The summed E-state index contributed by atoms with van der Waals surface area (Å²) in [6.07, 6.45) is 5.56. The monoisotopic (exact) mass is 158 g/mol. The van der Waals surface area contributed by atoms with Gasteiger partial charge in [-0.2, -0.15) is 0 Å². The first-order valence-electron chi connectivity index (χ1n) is 3.32. The van der Waals surface area contributed by atoms with Crippen LogP contribution in [-0.2, 0) is 0 Å². The third-order valence-corrected chi connectivity index (χ3v) is 2.41. The highest BCUT2D eigenvalue weighted by Crippen LogP contribution is 2.13. The van der Waals surface area contributed by atoms with Crippen LogP contribution in [0.2, 0.25) is 0 Å². The van der Waals surface area contributed by atoms with Gasteiger partial charge in [0, 0.05) is 0 Å². The molecule has 1 saturated carbocycles. The van der Waals surface area contributed by atoms with E-state index in [1.807, 2.05) is 0 Å². The van der Waals surface area contributed by atoms with E-state index in [-0.39, 0.29) is 0 Å². The van der Waals surface area contributed by atoms with E-state index < -0.39 is 0 Å². The van der Waals surface area contributed by atoms with Gasteiger partial charge in [-0.25, -0.2) is 0 Å². The van der Waals surface area contributed by atoms with Crippen molar-refractivity contribution in [2.45, 2.75) is 32.1 Å². The van der Waals surface area contributed by atoms with E-state index in [0.29, 0.717) is 0 Å². The van der Waals surface area contributed by atoms with E-state index in [1.165, 1.54) is 16.1 Å². The number of hydrogen-bond donors (Lipinski definition) is 0. The lowest BCUT2D eigenvalue weighted by molar-refractivity contribution is 0.944. The van der Waals surface area contributed by atoms with E-state index in [2.05, 4.69) is 0 Å². The van der Waals surface area contributed by atoms with E-state index in [9.17, 15) is 0 Å². The van der Waals surface area contributed by atoms with Crippen molar-refractivity contribution >= 4 is 34.2 Å². The van der Waals surface area contributed by atoms with E-state index >= 15 is 0 Å². The van der Waals surface area contributed by atoms with Crippen LogP contribution in [0.4, 0.5) is 0 Å². The smallest absolute Gasteiger partial charge is 0.00679 e. The van der Waals surface area contributed by atoms with Crippen molar-refractivity contribution in [3.63, 3.8) is 0 Å². The molecule has 0 aromatic heterocycles. The first-order chi connectivity index (χ1) is 4.29. The molecule has 0 spiro atoms. The van der Waals surface area contributed by atoms with Crippen LogP contribution in [0, 0.1) is 0 Å². The Kier molecular flexibility index (Phi) is 2.73. The van der Waals surface area contributed by atoms with Gasteiger partial charge in [-0.1, -0.05) is 24.4 Å². The molecule has 1 aliphatic carbocycles. The van der Waals surface area contributed by atoms with Crippen molar-refractivity contribution in [1.29, 1.82) is 0 Å². The fourth-order valence-electron chi connectivity index (χ4n) is 1.01. The second kappa shape index (κ2) is 3.37. The molecule has 0 atom stereocenters. The second-order valence-electron chi connectivity index (χ2n) is 2.43. The Morgan fingerprint density at radius 1 is 0.778 bits per heavy atom. The Morgan fingerprint density at radius 3 is 1.67 bits per heavy atom. The molecule has 9 heavy (non-hydrogen) atoms.